The number of H-pyrrole nitrogens is 1. The van der Waals surface area contributed by atoms with Crippen LogP contribution in [0.2, 0.25) is 36.3 Å². The first-order chi connectivity index (χ1) is 39.2. The molecular formula is C67H103ClN4O10Si2. The number of aromatic amines is 1. The van der Waals surface area contributed by atoms with Gasteiger partial charge in [-0.25, -0.2) is 4.98 Å². The zero-order valence-corrected chi connectivity index (χ0v) is 56.9. The van der Waals surface area contributed by atoms with Gasteiger partial charge < -0.3 is 63.0 Å². The van der Waals surface area contributed by atoms with Gasteiger partial charge in [-0.2, -0.15) is 11.1 Å². The molecule has 5 heterocycles. The molecule has 4 aliphatic rings. The Morgan fingerprint density at radius 3 is 1.21 bits per heavy atom. The third-order valence-corrected chi connectivity index (χ3v) is 26.2. The average Bonchev–Trinajstić information content (AvgIpc) is 3.62. The number of aliphatic hydroxyl groups excluding tert-OH is 1. The summed E-state index contributed by atoms with van der Waals surface area (Å²) in [5.74, 6) is 1.86. The predicted octanol–water partition coefficient (Wildman–Crippen LogP) is 15.3. The highest BCUT2D eigenvalue weighted by atomic mass is 35.6. The molecule has 4 aromatic carbocycles. The van der Waals surface area contributed by atoms with Crippen LogP contribution in [0.1, 0.15) is 154 Å². The summed E-state index contributed by atoms with van der Waals surface area (Å²) in [4.78, 5) is 6.42. The Morgan fingerprint density at radius 2 is 0.905 bits per heavy atom. The Kier molecular flexibility index (Phi) is 23.9. The standard InChI is InChI=1S/C32H49NO5Si.C26H35NO5.C6H15ClSi.C3H4N2/c1-30(2,3)39(8,9)36-20-23(16-17-24-12-10-14-26-21-34-31(4,5)37-28(24)26)18-33-19-25-13-11-15-27-22-35-32(6,7)38-29(25)27;1-25(2)29-16-21-9-5-7-19(23(21)31-25)12-11-18(15-28)13-27-14-20-8-6-10-22-17-30-26(3,4)32-24(20)22;1-6(2,3)8(4,5)7;1-2-5-3-4-1/h10-15,23,33H,16-22H2,1-9H3;5-10,18,27-28H,11-17H2,1-4H3;1-5H3;1-3H,(H,4,5). The van der Waals surface area contributed by atoms with Crippen molar-refractivity contribution in [3.8, 4) is 23.0 Å². The van der Waals surface area contributed by atoms with E-state index in [2.05, 4.69) is 143 Å². The molecule has 0 amide bonds. The van der Waals surface area contributed by atoms with Crippen molar-refractivity contribution in [2.45, 2.75) is 222 Å². The second-order valence-electron chi connectivity index (χ2n) is 27.6. The highest BCUT2D eigenvalue weighted by Gasteiger charge is 2.38. The largest absolute Gasteiger partial charge is 0.462 e. The van der Waals surface area contributed by atoms with Crippen LogP contribution in [0.4, 0.5) is 0 Å². The first-order valence-electron chi connectivity index (χ1n) is 30.2. The average molecular weight is 1220 g/mol. The van der Waals surface area contributed by atoms with Gasteiger partial charge in [0.05, 0.1) is 32.8 Å². The van der Waals surface area contributed by atoms with Crippen molar-refractivity contribution in [3.63, 3.8) is 0 Å². The molecule has 466 valence electrons. The number of hydrogen-bond donors (Lipinski definition) is 4. The van der Waals surface area contributed by atoms with Crippen LogP contribution in [-0.2, 0) is 75.7 Å². The number of aliphatic hydroxyl groups is 1. The van der Waals surface area contributed by atoms with Gasteiger partial charge in [0, 0.05) is 141 Å². The van der Waals surface area contributed by atoms with Crippen LogP contribution in [0, 0.1) is 11.8 Å². The Morgan fingerprint density at radius 1 is 0.560 bits per heavy atom. The number of hydrogen-bond acceptors (Lipinski definition) is 13. The zero-order chi connectivity index (χ0) is 61.8. The molecule has 17 heteroatoms. The van der Waals surface area contributed by atoms with E-state index in [1.54, 1.807) is 18.7 Å². The van der Waals surface area contributed by atoms with E-state index >= 15 is 0 Å². The second kappa shape index (κ2) is 29.1. The lowest BCUT2D eigenvalue weighted by atomic mass is 9.97. The van der Waals surface area contributed by atoms with Crippen LogP contribution in [0.5, 0.6) is 23.0 Å². The van der Waals surface area contributed by atoms with Gasteiger partial charge in [-0.15, -0.1) is 0 Å². The van der Waals surface area contributed by atoms with Crippen LogP contribution >= 0.6 is 11.1 Å². The van der Waals surface area contributed by atoms with Crippen molar-refractivity contribution in [1.82, 2.24) is 20.6 Å². The molecule has 0 spiro atoms. The van der Waals surface area contributed by atoms with Gasteiger partial charge in [0.2, 0.25) is 23.1 Å². The van der Waals surface area contributed by atoms with Gasteiger partial charge in [0.15, 0.2) is 15.7 Å². The predicted molar refractivity (Wildman–Crippen MR) is 343 cm³/mol. The van der Waals surface area contributed by atoms with E-state index in [4.69, 9.17) is 53.4 Å². The summed E-state index contributed by atoms with van der Waals surface area (Å²) >= 11 is 6.15. The van der Waals surface area contributed by atoms with Crippen molar-refractivity contribution >= 4 is 26.8 Å². The second-order valence-corrected chi connectivity index (χ2v) is 39.7. The Balaban J connectivity index is 0.000000224. The smallest absolute Gasteiger partial charge is 0.205 e. The quantitative estimate of drug-likeness (QED) is 0.0486. The molecule has 9 rings (SSSR count). The molecule has 0 aliphatic carbocycles. The fraction of sp³-hybridized carbons (Fsp3) is 0.597. The monoisotopic (exact) mass is 1210 g/mol. The number of nitrogens with zero attached hydrogens (tertiary/aromatic N) is 1. The van der Waals surface area contributed by atoms with Crippen molar-refractivity contribution in [2.24, 2.45) is 11.8 Å². The van der Waals surface area contributed by atoms with Crippen molar-refractivity contribution < 1.29 is 47.4 Å². The van der Waals surface area contributed by atoms with E-state index in [0.717, 1.165) is 103 Å². The van der Waals surface area contributed by atoms with Gasteiger partial charge in [0.1, 0.15) is 23.0 Å². The lowest BCUT2D eigenvalue weighted by Gasteiger charge is -2.37. The van der Waals surface area contributed by atoms with Crippen LogP contribution in [0.25, 0.3) is 0 Å². The van der Waals surface area contributed by atoms with E-state index in [1.807, 2.05) is 73.6 Å². The molecule has 5 aromatic rings. The highest BCUT2D eigenvalue weighted by Crippen LogP contribution is 2.41. The Hall–Kier alpha value is -4.31. The molecule has 2 atom stereocenters. The lowest BCUT2D eigenvalue weighted by Crippen LogP contribution is -2.43. The SMILES string of the molecule is CC(C)(C)[Si](C)(C)Cl.CC1(C)OCc2cccc(CCC(CNCc3cccc4c3OC(C)(C)OC4)CO[Si](C)(C)C(C)(C)C)c2O1.CC1(C)OCc2cccc(CCC(CO)CNCc3cccc4c3OC(C)(C)OC4)c2O1.c1c[nH]cn1. The van der Waals surface area contributed by atoms with Gasteiger partial charge in [0.25, 0.3) is 0 Å². The molecule has 4 N–H and O–H groups in total. The molecule has 2 unspecified atom stereocenters. The summed E-state index contributed by atoms with van der Waals surface area (Å²) in [7, 11) is -3.25. The summed E-state index contributed by atoms with van der Waals surface area (Å²) in [6, 6.07) is 25.1. The van der Waals surface area contributed by atoms with Gasteiger partial charge in [-0.3, -0.25) is 0 Å². The van der Waals surface area contributed by atoms with Crippen LogP contribution < -0.4 is 29.6 Å². The van der Waals surface area contributed by atoms with Crippen LogP contribution in [0.3, 0.4) is 0 Å². The molecule has 0 saturated heterocycles. The number of aryl methyl sites for hydroxylation is 2. The number of rotatable bonds is 18. The minimum Gasteiger partial charge on any atom is -0.462 e. The summed E-state index contributed by atoms with van der Waals surface area (Å²) in [5.41, 5.74) is 9.08. The Labute approximate surface area is 510 Å². The molecule has 14 nitrogen and oxygen atoms in total. The number of nitrogens with one attached hydrogen (secondary N) is 3. The first kappa shape index (κ1) is 68.8. The fourth-order valence-corrected chi connectivity index (χ4v) is 10.2. The molecule has 4 aliphatic heterocycles. The molecule has 0 fully saturated rings. The molecule has 0 radical (unpaired) electrons. The maximum Gasteiger partial charge on any atom is 0.205 e. The maximum atomic E-state index is 9.95. The number of imidazole rings is 1. The fourth-order valence-electron chi connectivity index (χ4n) is 9.11. The minimum absolute atomic E-state index is 0.141. The highest BCUT2D eigenvalue weighted by molar-refractivity contribution is 7.20. The van der Waals surface area contributed by atoms with E-state index in [9.17, 15) is 5.11 Å². The summed E-state index contributed by atoms with van der Waals surface area (Å²) in [6.07, 6.45) is 8.74. The number of benzene rings is 4. The molecule has 0 saturated carbocycles. The third kappa shape index (κ3) is 20.7. The van der Waals surface area contributed by atoms with Crippen molar-refractivity contribution in [3.05, 3.63) is 136 Å². The summed E-state index contributed by atoms with van der Waals surface area (Å²) < 4.78 is 54.5. The third-order valence-electron chi connectivity index (χ3n) is 16.5. The Bertz CT molecular complexity index is 2810. The normalized spacial score (nSPS) is 18.0. The minimum atomic E-state index is -1.86. The maximum absolute atomic E-state index is 9.95. The first-order valence-corrected chi connectivity index (χ1v) is 37.1. The topological polar surface area (TPSA) is 156 Å². The van der Waals surface area contributed by atoms with Gasteiger partial charge in [-0.05, 0) is 71.8 Å². The number of para-hydroxylation sites is 4. The lowest BCUT2D eigenvalue weighted by molar-refractivity contribution is -0.180. The van der Waals surface area contributed by atoms with E-state index in [0.29, 0.717) is 43.9 Å². The van der Waals surface area contributed by atoms with Gasteiger partial charge in [-0.1, -0.05) is 127 Å². The van der Waals surface area contributed by atoms with Crippen LogP contribution in [-0.4, -0.2) is 80.2 Å². The van der Waals surface area contributed by atoms with E-state index in [1.165, 1.54) is 16.7 Å². The number of fused-ring (bicyclic) bond motifs is 4. The van der Waals surface area contributed by atoms with Crippen molar-refractivity contribution in [2.75, 3.05) is 26.3 Å². The van der Waals surface area contributed by atoms with Crippen molar-refractivity contribution in [1.29, 1.82) is 0 Å². The molecule has 0 bridgehead atoms. The summed E-state index contributed by atoms with van der Waals surface area (Å²) in [5, 5.41) is 17.7. The summed E-state index contributed by atoms with van der Waals surface area (Å²) in [6.45, 7) is 44.3. The number of aromatic nitrogens is 2. The molecule has 1 aromatic heterocycles. The molecular weight excluding hydrogens is 1110 g/mol. The number of ether oxygens (including phenoxy) is 8. The molecule has 84 heavy (non-hydrogen) atoms. The van der Waals surface area contributed by atoms with Crippen LogP contribution in [0.15, 0.2) is 91.5 Å². The number of halogens is 1. The van der Waals surface area contributed by atoms with E-state index < -0.39 is 38.8 Å². The van der Waals surface area contributed by atoms with E-state index in [-0.39, 0.29) is 17.6 Å². The zero-order valence-electron chi connectivity index (χ0n) is 54.2. The van der Waals surface area contributed by atoms with Gasteiger partial charge >= 0.3 is 0 Å².